The van der Waals surface area contributed by atoms with E-state index >= 15 is 0 Å². The molecule has 0 bridgehead atoms. The maximum atomic E-state index is 13.1. The fourth-order valence-electron chi connectivity index (χ4n) is 4.38. The first-order valence-electron chi connectivity index (χ1n) is 9.78. The summed E-state index contributed by atoms with van der Waals surface area (Å²) in [5.74, 6) is -1.92. The lowest BCUT2D eigenvalue weighted by atomic mass is 9.91. The van der Waals surface area contributed by atoms with E-state index in [0.717, 1.165) is 30.6 Å². The van der Waals surface area contributed by atoms with Crippen molar-refractivity contribution in [2.45, 2.75) is 56.7 Å². The Morgan fingerprint density at radius 1 is 0.964 bits per heavy atom. The molecule has 148 valence electrons. The fourth-order valence-corrected chi connectivity index (χ4v) is 4.38. The zero-order valence-corrected chi connectivity index (χ0v) is 15.8. The number of hydrogen-bond donors (Lipinski definition) is 3. The van der Waals surface area contributed by atoms with Crippen LogP contribution in [0.4, 0.5) is 5.69 Å². The molecule has 28 heavy (non-hydrogen) atoms. The third-order valence-electron chi connectivity index (χ3n) is 5.96. The molecule has 0 aromatic heterocycles. The predicted molar refractivity (Wildman–Crippen MR) is 102 cm³/mol. The molecule has 8 nitrogen and oxygen atoms in total. The van der Waals surface area contributed by atoms with Crippen LogP contribution in [0, 0.1) is 0 Å². The van der Waals surface area contributed by atoms with Crippen molar-refractivity contribution in [2.75, 3.05) is 12.4 Å². The van der Waals surface area contributed by atoms with E-state index in [1.165, 1.54) is 0 Å². The third kappa shape index (κ3) is 3.17. The Morgan fingerprint density at radius 3 is 2.36 bits per heavy atom. The SMILES string of the molecule is CNC1CCC(Nc2cccc3c2C(=O)N(C2CCC(=O)NC2=O)C3=O)CC1. The van der Waals surface area contributed by atoms with E-state index in [1.54, 1.807) is 12.1 Å². The predicted octanol–water partition coefficient (Wildman–Crippen LogP) is 1.03. The van der Waals surface area contributed by atoms with Gasteiger partial charge in [0.15, 0.2) is 0 Å². The number of fused-ring (bicyclic) bond motifs is 1. The second kappa shape index (κ2) is 7.35. The van der Waals surface area contributed by atoms with E-state index in [1.807, 2.05) is 13.1 Å². The van der Waals surface area contributed by atoms with Gasteiger partial charge in [0.2, 0.25) is 11.8 Å². The standard InChI is InChI=1S/C20H24N4O4/c1-21-11-5-7-12(8-6-11)22-14-4-2-3-13-17(14)20(28)24(19(13)27)15-9-10-16(25)23-18(15)26/h2-4,11-12,15,21-22H,5-10H2,1H3,(H,23,25,26). The van der Waals surface area contributed by atoms with E-state index in [0.29, 0.717) is 22.9 Å². The quantitative estimate of drug-likeness (QED) is 0.670. The number of rotatable bonds is 4. The minimum Gasteiger partial charge on any atom is -0.382 e. The molecule has 2 heterocycles. The first-order valence-corrected chi connectivity index (χ1v) is 9.78. The van der Waals surface area contributed by atoms with Crippen LogP contribution in [0.25, 0.3) is 0 Å². The average molecular weight is 384 g/mol. The molecule has 4 amide bonds. The van der Waals surface area contributed by atoms with Crippen LogP contribution in [0.15, 0.2) is 18.2 Å². The van der Waals surface area contributed by atoms with Crippen molar-refractivity contribution < 1.29 is 19.2 Å². The topological polar surface area (TPSA) is 108 Å². The monoisotopic (exact) mass is 384 g/mol. The van der Waals surface area contributed by atoms with Gasteiger partial charge < -0.3 is 10.6 Å². The minimum absolute atomic E-state index is 0.115. The number of anilines is 1. The van der Waals surface area contributed by atoms with Gasteiger partial charge in [-0.1, -0.05) is 6.07 Å². The van der Waals surface area contributed by atoms with Crippen molar-refractivity contribution in [1.82, 2.24) is 15.5 Å². The second-order valence-corrected chi connectivity index (χ2v) is 7.66. The molecule has 0 radical (unpaired) electrons. The number of hydrogen-bond acceptors (Lipinski definition) is 6. The normalized spacial score (nSPS) is 27.6. The van der Waals surface area contributed by atoms with Gasteiger partial charge in [0.05, 0.1) is 11.1 Å². The van der Waals surface area contributed by atoms with Crippen LogP contribution in [-0.2, 0) is 9.59 Å². The van der Waals surface area contributed by atoms with Gasteiger partial charge in [0.25, 0.3) is 11.8 Å². The highest BCUT2D eigenvalue weighted by Crippen LogP contribution is 2.33. The number of nitrogens with zero attached hydrogens (tertiary/aromatic N) is 1. The zero-order valence-electron chi connectivity index (χ0n) is 15.8. The van der Waals surface area contributed by atoms with Gasteiger partial charge in [0.1, 0.15) is 6.04 Å². The molecule has 0 spiro atoms. The molecule has 1 aromatic rings. The minimum atomic E-state index is -0.941. The Morgan fingerprint density at radius 2 is 1.68 bits per heavy atom. The van der Waals surface area contributed by atoms with Crippen molar-refractivity contribution in [3.8, 4) is 0 Å². The number of nitrogens with one attached hydrogen (secondary N) is 3. The molecule has 2 aliphatic heterocycles. The summed E-state index contributed by atoms with van der Waals surface area (Å²) >= 11 is 0. The smallest absolute Gasteiger partial charge is 0.264 e. The van der Waals surface area contributed by atoms with Gasteiger partial charge in [-0.3, -0.25) is 29.4 Å². The molecular weight excluding hydrogens is 360 g/mol. The number of carbonyl (C=O) groups excluding carboxylic acids is 4. The van der Waals surface area contributed by atoms with Gasteiger partial charge in [-0.05, 0) is 51.3 Å². The molecular formula is C20H24N4O4. The summed E-state index contributed by atoms with van der Waals surface area (Å²) in [5.41, 5.74) is 1.27. The first-order chi connectivity index (χ1) is 13.5. The largest absolute Gasteiger partial charge is 0.382 e. The summed E-state index contributed by atoms with van der Waals surface area (Å²) in [7, 11) is 1.97. The maximum Gasteiger partial charge on any atom is 0.264 e. The summed E-state index contributed by atoms with van der Waals surface area (Å²) in [5, 5.41) is 8.95. The Bertz CT molecular complexity index is 845. The van der Waals surface area contributed by atoms with Crippen molar-refractivity contribution in [3.05, 3.63) is 29.3 Å². The summed E-state index contributed by atoms with van der Waals surface area (Å²) in [6.07, 6.45) is 4.34. The molecule has 2 fully saturated rings. The van der Waals surface area contributed by atoms with Crippen LogP contribution in [0.5, 0.6) is 0 Å². The van der Waals surface area contributed by atoms with Gasteiger partial charge in [0, 0.05) is 24.2 Å². The molecule has 1 aromatic carbocycles. The number of imide groups is 2. The second-order valence-electron chi connectivity index (χ2n) is 7.66. The van der Waals surface area contributed by atoms with Crippen molar-refractivity contribution in [2.24, 2.45) is 0 Å². The number of carbonyl (C=O) groups is 4. The van der Waals surface area contributed by atoms with E-state index in [4.69, 9.17) is 0 Å². The van der Waals surface area contributed by atoms with Crippen LogP contribution in [-0.4, -0.2) is 53.7 Å². The summed E-state index contributed by atoms with van der Waals surface area (Å²) < 4.78 is 0. The first kappa shape index (κ1) is 18.6. The Hall–Kier alpha value is -2.74. The molecule has 1 atom stereocenters. The zero-order chi connectivity index (χ0) is 19.8. The summed E-state index contributed by atoms with van der Waals surface area (Å²) in [4.78, 5) is 50.6. The van der Waals surface area contributed by atoms with Gasteiger partial charge in [-0.15, -0.1) is 0 Å². The fraction of sp³-hybridized carbons (Fsp3) is 0.500. The molecule has 1 saturated carbocycles. The van der Waals surface area contributed by atoms with E-state index in [9.17, 15) is 19.2 Å². The Balaban J connectivity index is 1.56. The van der Waals surface area contributed by atoms with Gasteiger partial charge in [-0.25, -0.2) is 0 Å². The molecule has 3 aliphatic rings. The molecule has 1 aliphatic carbocycles. The Labute approximate surface area is 163 Å². The third-order valence-corrected chi connectivity index (χ3v) is 5.96. The highest BCUT2D eigenvalue weighted by atomic mass is 16.2. The number of benzene rings is 1. The van der Waals surface area contributed by atoms with E-state index in [2.05, 4.69) is 16.0 Å². The van der Waals surface area contributed by atoms with E-state index in [-0.39, 0.29) is 24.8 Å². The van der Waals surface area contributed by atoms with Crippen molar-refractivity contribution >= 4 is 29.3 Å². The average Bonchev–Trinajstić information content (AvgIpc) is 2.94. The lowest BCUT2D eigenvalue weighted by Crippen LogP contribution is -2.54. The van der Waals surface area contributed by atoms with Crippen LogP contribution < -0.4 is 16.0 Å². The van der Waals surface area contributed by atoms with Crippen LogP contribution in [0.1, 0.15) is 59.2 Å². The van der Waals surface area contributed by atoms with Crippen molar-refractivity contribution in [3.63, 3.8) is 0 Å². The van der Waals surface area contributed by atoms with Gasteiger partial charge >= 0.3 is 0 Å². The van der Waals surface area contributed by atoms with Crippen LogP contribution in [0.2, 0.25) is 0 Å². The molecule has 8 heteroatoms. The summed E-state index contributed by atoms with van der Waals surface area (Å²) in [6.45, 7) is 0. The molecule has 1 unspecified atom stereocenters. The van der Waals surface area contributed by atoms with E-state index < -0.39 is 23.8 Å². The lowest BCUT2D eigenvalue weighted by molar-refractivity contribution is -0.136. The van der Waals surface area contributed by atoms with Gasteiger partial charge in [-0.2, -0.15) is 0 Å². The number of amides is 4. The Kier molecular flexibility index (Phi) is 4.89. The molecule has 3 N–H and O–H groups in total. The van der Waals surface area contributed by atoms with Crippen LogP contribution >= 0.6 is 0 Å². The highest BCUT2D eigenvalue weighted by Gasteiger charge is 2.45. The van der Waals surface area contributed by atoms with Crippen LogP contribution in [0.3, 0.4) is 0 Å². The highest BCUT2D eigenvalue weighted by molar-refractivity contribution is 6.25. The van der Waals surface area contributed by atoms with Crippen molar-refractivity contribution in [1.29, 1.82) is 0 Å². The number of piperidine rings is 1. The molecule has 4 rings (SSSR count). The summed E-state index contributed by atoms with van der Waals surface area (Å²) in [6, 6.07) is 4.99. The maximum absolute atomic E-state index is 13.1. The lowest BCUT2D eigenvalue weighted by Gasteiger charge is -2.30. The molecule has 1 saturated heterocycles.